The smallest absolute Gasteiger partial charge is 0.275 e. The number of fused-ring (bicyclic) bond motifs is 2. The average Bonchev–Trinajstić information content (AvgIpc) is 3.08. The number of amides is 1. The molecular weight excluding hydrogens is 346 g/mol. The van der Waals surface area contributed by atoms with Gasteiger partial charge in [-0.15, -0.1) is 11.3 Å². The third kappa shape index (κ3) is 3.07. The first kappa shape index (κ1) is 16.0. The Morgan fingerprint density at radius 3 is 2.50 bits per heavy atom. The maximum absolute atomic E-state index is 12.5. The number of nitrogens with one attached hydrogen (secondary N) is 1. The number of carbonyl (C=O) groups is 1. The van der Waals surface area contributed by atoms with Crippen LogP contribution in [0.4, 0.5) is 10.8 Å². The van der Waals surface area contributed by atoms with Crippen molar-refractivity contribution in [3.8, 4) is 0 Å². The van der Waals surface area contributed by atoms with Gasteiger partial charge in [-0.2, -0.15) is 4.99 Å². The lowest BCUT2D eigenvalue weighted by Gasteiger charge is -2.09. The van der Waals surface area contributed by atoms with Crippen molar-refractivity contribution in [3.63, 3.8) is 0 Å². The van der Waals surface area contributed by atoms with Gasteiger partial charge < -0.3 is 16.8 Å². The number of guanidine groups is 1. The summed E-state index contributed by atoms with van der Waals surface area (Å²) in [5.74, 6) is -0.397. The summed E-state index contributed by atoms with van der Waals surface area (Å²) in [4.78, 5) is 20.5. The van der Waals surface area contributed by atoms with Crippen LogP contribution < -0.4 is 16.8 Å². The van der Waals surface area contributed by atoms with Gasteiger partial charge in [0.05, 0.1) is 0 Å². The molecule has 0 saturated heterocycles. The molecule has 6 nitrogen and oxygen atoms in total. The summed E-state index contributed by atoms with van der Waals surface area (Å²) >= 11 is 1.20. The summed E-state index contributed by atoms with van der Waals surface area (Å²) < 4.78 is 0. The van der Waals surface area contributed by atoms with E-state index in [0.717, 1.165) is 27.2 Å². The van der Waals surface area contributed by atoms with Gasteiger partial charge in [0.2, 0.25) is 5.13 Å². The van der Waals surface area contributed by atoms with E-state index in [1.807, 2.05) is 30.3 Å². The normalized spacial score (nSPS) is 10.8. The maximum atomic E-state index is 12.5. The first-order chi connectivity index (χ1) is 12.6. The molecule has 0 saturated carbocycles. The number of anilines is 1. The highest BCUT2D eigenvalue weighted by atomic mass is 32.1. The second-order valence-electron chi connectivity index (χ2n) is 5.73. The first-order valence-electron chi connectivity index (χ1n) is 7.88. The van der Waals surface area contributed by atoms with Crippen LogP contribution >= 0.6 is 11.3 Å². The van der Waals surface area contributed by atoms with Crippen LogP contribution in [-0.2, 0) is 0 Å². The van der Waals surface area contributed by atoms with Crippen molar-refractivity contribution >= 4 is 55.6 Å². The number of nitrogens with zero attached hydrogens (tertiary/aromatic N) is 2. The molecule has 26 heavy (non-hydrogen) atoms. The van der Waals surface area contributed by atoms with Gasteiger partial charge in [0.1, 0.15) is 5.69 Å². The molecule has 0 spiro atoms. The Hall–Kier alpha value is -3.45. The second-order valence-corrected chi connectivity index (χ2v) is 6.57. The largest absolute Gasteiger partial charge is 0.370 e. The molecule has 0 bridgehead atoms. The fourth-order valence-electron chi connectivity index (χ4n) is 2.79. The Balaban J connectivity index is 1.70. The number of thiazole rings is 1. The third-order valence-electron chi connectivity index (χ3n) is 3.94. The summed E-state index contributed by atoms with van der Waals surface area (Å²) in [5, 5.41) is 9.20. The maximum Gasteiger partial charge on any atom is 0.275 e. The topological polar surface area (TPSA) is 106 Å². The highest BCUT2D eigenvalue weighted by molar-refractivity contribution is 7.13. The van der Waals surface area contributed by atoms with E-state index < -0.39 is 0 Å². The number of rotatable bonds is 3. The molecule has 128 valence electrons. The Morgan fingerprint density at radius 1 is 1.00 bits per heavy atom. The Bertz CT molecular complexity index is 1160. The van der Waals surface area contributed by atoms with E-state index in [0.29, 0.717) is 5.13 Å². The molecule has 0 aliphatic rings. The van der Waals surface area contributed by atoms with Crippen LogP contribution in [-0.4, -0.2) is 16.9 Å². The monoisotopic (exact) mass is 361 g/mol. The van der Waals surface area contributed by atoms with Crippen LogP contribution in [0.15, 0.2) is 65.0 Å². The van der Waals surface area contributed by atoms with Crippen molar-refractivity contribution in [2.75, 3.05) is 5.32 Å². The number of hydrogen-bond donors (Lipinski definition) is 3. The van der Waals surface area contributed by atoms with Gasteiger partial charge >= 0.3 is 0 Å². The first-order valence-corrected chi connectivity index (χ1v) is 8.76. The van der Waals surface area contributed by atoms with Crippen LogP contribution in [0.3, 0.4) is 0 Å². The summed E-state index contributed by atoms with van der Waals surface area (Å²) in [6.45, 7) is 0. The Kier molecular flexibility index (Phi) is 3.98. The van der Waals surface area contributed by atoms with E-state index in [-0.39, 0.29) is 17.6 Å². The van der Waals surface area contributed by atoms with Gasteiger partial charge in [-0.05, 0) is 34.4 Å². The molecule has 0 unspecified atom stereocenters. The van der Waals surface area contributed by atoms with E-state index >= 15 is 0 Å². The van der Waals surface area contributed by atoms with Crippen molar-refractivity contribution in [3.05, 3.63) is 65.7 Å². The van der Waals surface area contributed by atoms with Crippen molar-refractivity contribution in [1.82, 2.24) is 4.98 Å². The zero-order valence-corrected chi connectivity index (χ0v) is 14.5. The minimum absolute atomic E-state index is 0.0905. The van der Waals surface area contributed by atoms with E-state index in [9.17, 15) is 4.79 Å². The predicted octanol–water partition coefficient (Wildman–Crippen LogP) is 3.61. The van der Waals surface area contributed by atoms with Crippen molar-refractivity contribution in [2.24, 2.45) is 16.5 Å². The molecule has 0 radical (unpaired) electrons. The average molecular weight is 361 g/mol. The lowest BCUT2D eigenvalue weighted by Crippen LogP contribution is -2.21. The van der Waals surface area contributed by atoms with Crippen molar-refractivity contribution in [2.45, 2.75) is 0 Å². The molecule has 4 aromatic rings. The molecule has 7 heteroatoms. The molecule has 0 aliphatic heterocycles. The molecule has 4 rings (SSSR count). The highest BCUT2D eigenvalue weighted by Crippen LogP contribution is 2.29. The molecule has 1 aromatic heterocycles. The summed E-state index contributed by atoms with van der Waals surface area (Å²) in [6, 6.07) is 18.1. The molecule has 5 N–H and O–H groups in total. The molecule has 1 heterocycles. The lowest BCUT2D eigenvalue weighted by atomic mass is 10.0. The van der Waals surface area contributed by atoms with Crippen LogP contribution in [0.2, 0.25) is 0 Å². The summed E-state index contributed by atoms with van der Waals surface area (Å²) in [5.41, 5.74) is 11.7. The van der Waals surface area contributed by atoms with Crippen LogP contribution in [0, 0.1) is 0 Å². The number of benzene rings is 3. The van der Waals surface area contributed by atoms with Crippen LogP contribution in [0.5, 0.6) is 0 Å². The minimum atomic E-state index is -0.307. The van der Waals surface area contributed by atoms with E-state index in [2.05, 4.69) is 39.6 Å². The standard InChI is InChI=1S/C19H15N5OS/c20-18(21)24-19-23-16(10-26-19)17(25)22-15-7-3-6-13-8-11-4-1-2-5-12(11)9-14(13)15/h1-10H,(H,22,25)(H4,20,21,23,24). The predicted molar refractivity (Wildman–Crippen MR) is 107 cm³/mol. The molecule has 3 aromatic carbocycles. The SMILES string of the molecule is NC(N)=Nc1nc(C(=O)Nc2cccc3cc4ccccc4cc23)cs1. The number of carbonyl (C=O) groups excluding carboxylic acids is 1. The van der Waals surface area contributed by atoms with Gasteiger partial charge in [0, 0.05) is 16.5 Å². The molecule has 0 aliphatic carbocycles. The number of aliphatic imine (C=N–C) groups is 1. The molecule has 0 atom stereocenters. The quantitative estimate of drug-likeness (QED) is 0.294. The van der Waals surface area contributed by atoms with Gasteiger partial charge in [-0.25, -0.2) is 4.98 Å². The van der Waals surface area contributed by atoms with Crippen LogP contribution in [0.25, 0.3) is 21.5 Å². The van der Waals surface area contributed by atoms with E-state index in [1.54, 1.807) is 5.38 Å². The van der Waals surface area contributed by atoms with E-state index in [1.165, 1.54) is 11.3 Å². The third-order valence-corrected chi connectivity index (χ3v) is 4.68. The zero-order valence-electron chi connectivity index (χ0n) is 13.6. The second kappa shape index (κ2) is 6.45. The number of hydrogen-bond acceptors (Lipinski definition) is 4. The van der Waals surface area contributed by atoms with Gasteiger partial charge in [-0.3, -0.25) is 4.79 Å². The number of aromatic nitrogens is 1. The summed E-state index contributed by atoms with van der Waals surface area (Å²) in [6.07, 6.45) is 0. The van der Waals surface area contributed by atoms with Crippen molar-refractivity contribution in [1.29, 1.82) is 0 Å². The zero-order chi connectivity index (χ0) is 18.1. The molecule has 0 fully saturated rings. The molecule has 1 amide bonds. The van der Waals surface area contributed by atoms with Gasteiger partial charge in [0.25, 0.3) is 5.91 Å². The fraction of sp³-hybridized carbons (Fsp3) is 0. The Labute approximate surface area is 153 Å². The fourth-order valence-corrected chi connectivity index (χ4v) is 3.48. The molecular formula is C19H15N5OS. The van der Waals surface area contributed by atoms with Gasteiger partial charge in [0.15, 0.2) is 5.96 Å². The summed E-state index contributed by atoms with van der Waals surface area (Å²) in [7, 11) is 0. The van der Waals surface area contributed by atoms with Crippen LogP contribution in [0.1, 0.15) is 10.5 Å². The highest BCUT2D eigenvalue weighted by Gasteiger charge is 2.13. The lowest BCUT2D eigenvalue weighted by molar-refractivity contribution is 0.102. The van der Waals surface area contributed by atoms with Gasteiger partial charge in [-0.1, -0.05) is 36.4 Å². The Morgan fingerprint density at radius 2 is 1.73 bits per heavy atom. The van der Waals surface area contributed by atoms with E-state index in [4.69, 9.17) is 11.5 Å². The minimum Gasteiger partial charge on any atom is -0.370 e. The number of nitrogens with two attached hydrogens (primary N) is 2. The van der Waals surface area contributed by atoms with Crippen molar-refractivity contribution < 1.29 is 4.79 Å².